The van der Waals surface area contributed by atoms with Crippen molar-refractivity contribution < 1.29 is 9.53 Å². The molecular formula is C26H28N2O3S. The number of ether oxygens (including phenoxy) is 1. The third-order valence-corrected chi connectivity index (χ3v) is 5.53. The molecule has 3 rings (SSSR count). The highest BCUT2D eigenvalue weighted by Gasteiger charge is 2.12. The lowest BCUT2D eigenvalue weighted by atomic mass is 10.1. The van der Waals surface area contributed by atoms with Crippen LogP contribution < -0.4 is 5.56 Å². The van der Waals surface area contributed by atoms with E-state index in [1.165, 1.54) is 0 Å². The van der Waals surface area contributed by atoms with E-state index in [0.717, 1.165) is 42.6 Å². The highest BCUT2D eigenvalue weighted by atomic mass is 32.1. The summed E-state index contributed by atoms with van der Waals surface area (Å²) in [5.41, 5.74) is 2.95. The van der Waals surface area contributed by atoms with Gasteiger partial charge in [0.2, 0.25) is 0 Å². The van der Waals surface area contributed by atoms with Crippen molar-refractivity contribution in [1.29, 1.82) is 0 Å². The van der Waals surface area contributed by atoms with Gasteiger partial charge < -0.3 is 4.74 Å². The quantitative estimate of drug-likeness (QED) is 0.172. The third kappa shape index (κ3) is 5.92. The minimum atomic E-state index is -0.351. The standard InChI is InChI=1S/C26H28N2O3S/c1-20(2)25(30)31-18-12-4-3-11-17-27-24(29)19-23(21-13-7-5-8-14-21)28(26(27)32)22-15-9-6-10-16-22/h5-10,13-16,19H,1,3-4,11-12,17-18H2,2H3. The van der Waals surface area contributed by atoms with Gasteiger partial charge in [0.25, 0.3) is 5.56 Å². The molecule has 32 heavy (non-hydrogen) atoms. The Labute approximate surface area is 193 Å². The maximum absolute atomic E-state index is 12.9. The number of rotatable bonds is 10. The van der Waals surface area contributed by atoms with Gasteiger partial charge in [0.1, 0.15) is 0 Å². The summed E-state index contributed by atoms with van der Waals surface area (Å²) in [5.74, 6) is -0.351. The minimum absolute atomic E-state index is 0.101. The monoisotopic (exact) mass is 448 g/mol. The van der Waals surface area contributed by atoms with E-state index >= 15 is 0 Å². The highest BCUT2D eigenvalue weighted by Crippen LogP contribution is 2.22. The molecule has 0 aliphatic heterocycles. The average molecular weight is 449 g/mol. The van der Waals surface area contributed by atoms with Gasteiger partial charge in [-0.05, 0) is 56.1 Å². The number of carbonyl (C=O) groups is 1. The van der Waals surface area contributed by atoms with E-state index in [9.17, 15) is 9.59 Å². The Bertz CT molecular complexity index is 1180. The van der Waals surface area contributed by atoms with Gasteiger partial charge in [0.05, 0.1) is 12.3 Å². The van der Waals surface area contributed by atoms with Gasteiger partial charge in [0, 0.05) is 23.9 Å². The van der Waals surface area contributed by atoms with Crippen LogP contribution >= 0.6 is 12.2 Å². The summed E-state index contributed by atoms with van der Waals surface area (Å²) in [7, 11) is 0. The fraction of sp³-hybridized carbons (Fsp3) is 0.269. The summed E-state index contributed by atoms with van der Waals surface area (Å²) in [6.45, 7) is 6.14. The summed E-state index contributed by atoms with van der Waals surface area (Å²) in [6, 6.07) is 21.3. The lowest BCUT2D eigenvalue weighted by molar-refractivity contribution is -0.139. The molecule has 0 fully saturated rings. The molecule has 0 atom stereocenters. The summed E-state index contributed by atoms with van der Waals surface area (Å²) >= 11 is 5.78. The molecule has 0 spiro atoms. The zero-order valence-corrected chi connectivity index (χ0v) is 19.1. The van der Waals surface area contributed by atoms with Crippen LogP contribution in [0.4, 0.5) is 0 Å². The van der Waals surface area contributed by atoms with Gasteiger partial charge in [-0.1, -0.05) is 61.5 Å². The molecule has 6 heteroatoms. The number of unbranched alkanes of at least 4 members (excludes halogenated alkanes) is 3. The first-order chi connectivity index (χ1) is 15.5. The molecule has 1 heterocycles. The normalized spacial score (nSPS) is 10.7. The van der Waals surface area contributed by atoms with Gasteiger partial charge in [-0.15, -0.1) is 0 Å². The van der Waals surface area contributed by atoms with Crippen LogP contribution in [0.3, 0.4) is 0 Å². The van der Waals surface area contributed by atoms with Crippen molar-refractivity contribution in [2.24, 2.45) is 0 Å². The number of hydrogen-bond donors (Lipinski definition) is 0. The van der Waals surface area contributed by atoms with Crippen LogP contribution in [0.5, 0.6) is 0 Å². The van der Waals surface area contributed by atoms with Crippen LogP contribution in [0.1, 0.15) is 32.6 Å². The Morgan fingerprint density at radius 1 is 0.969 bits per heavy atom. The van der Waals surface area contributed by atoms with Crippen molar-refractivity contribution in [3.8, 4) is 16.9 Å². The van der Waals surface area contributed by atoms with E-state index in [4.69, 9.17) is 17.0 Å². The van der Waals surface area contributed by atoms with Crippen LogP contribution in [-0.2, 0) is 16.1 Å². The van der Waals surface area contributed by atoms with Gasteiger partial charge in [0.15, 0.2) is 4.77 Å². The Morgan fingerprint density at radius 2 is 1.59 bits per heavy atom. The third-order valence-electron chi connectivity index (χ3n) is 5.13. The minimum Gasteiger partial charge on any atom is -0.462 e. The number of hydrogen-bond acceptors (Lipinski definition) is 4. The molecule has 1 aromatic heterocycles. The van der Waals surface area contributed by atoms with Gasteiger partial charge in [-0.2, -0.15) is 0 Å². The molecule has 0 amide bonds. The van der Waals surface area contributed by atoms with Crippen molar-refractivity contribution in [1.82, 2.24) is 9.13 Å². The van der Waals surface area contributed by atoms with Crippen LogP contribution in [0.2, 0.25) is 0 Å². The van der Waals surface area contributed by atoms with Crippen molar-refractivity contribution in [2.75, 3.05) is 6.61 Å². The molecule has 3 aromatic rings. The lowest BCUT2D eigenvalue weighted by Crippen LogP contribution is -2.25. The molecule has 0 N–H and O–H groups in total. The first-order valence-electron chi connectivity index (χ1n) is 10.8. The Kier molecular flexibility index (Phi) is 8.34. The smallest absolute Gasteiger partial charge is 0.333 e. The van der Waals surface area contributed by atoms with Crippen LogP contribution in [0.15, 0.2) is 83.7 Å². The van der Waals surface area contributed by atoms with Crippen molar-refractivity contribution >= 4 is 18.2 Å². The molecule has 0 saturated heterocycles. The van der Waals surface area contributed by atoms with Crippen molar-refractivity contribution in [3.05, 3.63) is 94.0 Å². The van der Waals surface area contributed by atoms with Crippen LogP contribution in [0.25, 0.3) is 16.9 Å². The van der Waals surface area contributed by atoms with Crippen molar-refractivity contribution in [3.63, 3.8) is 0 Å². The number of esters is 1. The summed E-state index contributed by atoms with van der Waals surface area (Å²) in [5, 5.41) is 0. The molecule has 0 radical (unpaired) electrons. The van der Waals surface area contributed by atoms with Crippen LogP contribution in [0, 0.1) is 4.77 Å². The first kappa shape index (κ1) is 23.4. The number of benzene rings is 2. The molecule has 0 unspecified atom stereocenters. The maximum atomic E-state index is 12.9. The van der Waals surface area contributed by atoms with Gasteiger partial charge in [-0.25, -0.2) is 4.79 Å². The second-order valence-electron chi connectivity index (χ2n) is 7.67. The lowest BCUT2D eigenvalue weighted by Gasteiger charge is -2.17. The molecule has 0 aliphatic carbocycles. The molecule has 2 aromatic carbocycles. The van der Waals surface area contributed by atoms with Crippen molar-refractivity contribution in [2.45, 2.75) is 39.2 Å². The second kappa shape index (κ2) is 11.4. The maximum Gasteiger partial charge on any atom is 0.333 e. The summed E-state index contributed by atoms with van der Waals surface area (Å²) < 4.78 is 9.22. The average Bonchev–Trinajstić information content (AvgIpc) is 2.80. The van der Waals surface area contributed by atoms with E-state index in [0.29, 0.717) is 23.5 Å². The zero-order valence-electron chi connectivity index (χ0n) is 18.3. The van der Waals surface area contributed by atoms with E-state index in [1.54, 1.807) is 17.6 Å². The first-order valence-corrected chi connectivity index (χ1v) is 11.2. The zero-order chi connectivity index (χ0) is 22.9. The Morgan fingerprint density at radius 3 is 2.25 bits per heavy atom. The molecule has 166 valence electrons. The van der Waals surface area contributed by atoms with E-state index in [1.807, 2.05) is 65.2 Å². The largest absolute Gasteiger partial charge is 0.462 e. The summed E-state index contributed by atoms with van der Waals surface area (Å²) in [4.78, 5) is 24.3. The Balaban J connectivity index is 1.75. The van der Waals surface area contributed by atoms with Gasteiger partial charge >= 0.3 is 5.97 Å². The van der Waals surface area contributed by atoms with E-state index in [2.05, 4.69) is 6.58 Å². The topological polar surface area (TPSA) is 53.2 Å². The van der Waals surface area contributed by atoms with Gasteiger partial charge in [-0.3, -0.25) is 13.9 Å². The number of aromatic nitrogens is 2. The fourth-order valence-electron chi connectivity index (χ4n) is 3.44. The SMILES string of the molecule is C=C(C)C(=O)OCCCCCCn1c(=O)cc(-c2ccccc2)n(-c2ccccc2)c1=S. The van der Waals surface area contributed by atoms with E-state index < -0.39 is 0 Å². The summed E-state index contributed by atoms with van der Waals surface area (Å²) in [6.07, 6.45) is 3.42. The second-order valence-corrected chi connectivity index (χ2v) is 8.03. The predicted octanol–water partition coefficient (Wildman–Crippen LogP) is 5.72. The Hall–Kier alpha value is -3.25. The molecule has 0 aliphatic rings. The predicted molar refractivity (Wildman–Crippen MR) is 131 cm³/mol. The fourth-order valence-corrected chi connectivity index (χ4v) is 3.83. The number of nitrogens with zero attached hydrogens (tertiary/aromatic N) is 2. The molecule has 5 nitrogen and oxygen atoms in total. The molecule has 0 bridgehead atoms. The van der Waals surface area contributed by atoms with Crippen LogP contribution in [-0.4, -0.2) is 21.7 Å². The highest BCUT2D eigenvalue weighted by molar-refractivity contribution is 7.71. The molecule has 0 saturated carbocycles. The molecular weight excluding hydrogens is 420 g/mol. The number of para-hydroxylation sites is 1. The van der Waals surface area contributed by atoms with E-state index in [-0.39, 0.29) is 11.5 Å². The number of carbonyl (C=O) groups excluding carboxylic acids is 1.